The van der Waals surface area contributed by atoms with Crippen molar-refractivity contribution in [2.75, 3.05) is 0 Å². The topological polar surface area (TPSA) is 77.4 Å². The fourth-order valence-corrected chi connectivity index (χ4v) is 3.73. The molecule has 0 aliphatic rings. The fraction of sp³-hybridized carbons (Fsp3) is 1.00. The van der Waals surface area contributed by atoms with Crippen molar-refractivity contribution in [3.8, 4) is 0 Å². The molecule has 0 aromatic carbocycles. The Morgan fingerprint density at radius 2 is 1.26 bits per heavy atom. The smallest absolute Gasteiger partial charge is 0.748 e. The van der Waals surface area contributed by atoms with Gasteiger partial charge in [-0.1, -0.05) is 71.6 Å². The van der Waals surface area contributed by atoms with E-state index in [1.165, 1.54) is 0 Å². The van der Waals surface area contributed by atoms with Crippen LogP contribution in [-0.2, 0) is 10.1 Å². The second-order valence-corrected chi connectivity index (χ2v) is 8.05. The minimum absolute atomic E-state index is 0. The van der Waals surface area contributed by atoms with Crippen LogP contribution in [0.1, 0.15) is 97.3 Å². The number of rotatable bonds is 15. The maximum absolute atomic E-state index is 11.3. The molecule has 2 unspecified atom stereocenters. The van der Waals surface area contributed by atoms with Gasteiger partial charge in [-0.25, -0.2) is 8.42 Å². The van der Waals surface area contributed by atoms with Crippen LogP contribution < -0.4 is 29.6 Å². The summed E-state index contributed by atoms with van der Waals surface area (Å²) in [6, 6.07) is 0. The molecule has 0 spiro atoms. The summed E-state index contributed by atoms with van der Waals surface area (Å²) in [7, 11) is -4.16. The van der Waals surface area contributed by atoms with Crippen molar-refractivity contribution in [1.29, 1.82) is 0 Å². The van der Waals surface area contributed by atoms with E-state index in [-0.39, 0.29) is 35.7 Å². The van der Waals surface area contributed by atoms with E-state index in [4.69, 9.17) is 0 Å². The van der Waals surface area contributed by atoms with Crippen LogP contribution in [0, 0.1) is 0 Å². The SMILES string of the molecule is CCCCCCC(CCCCCCC(O)CCC)S(=O)(=O)[O-].[Na+]. The van der Waals surface area contributed by atoms with Crippen LogP contribution in [0.2, 0.25) is 0 Å². The van der Waals surface area contributed by atoms with Crippen molar-refractivity contribution in [1.82, 2.24) is 0 Å². The number of unbranched alkanes of at least 4 members (excludes halogenated alkanes) is 6. The quantitative estimate of drug-likeness (QED) is 0.272. The van der Waals surface area contributed by atoms with Crippen molar-refractivity contribution in [2.45, 2.75) is 109 Å². The summed E-state index contributed by atoms with van der Waals surface area (Å²) in [5.41, 5.74) is 0. The molecule has 0 amide bonds. The van der Waals surface area contributed by atoms with Gasteiger partial charge in [0.15, 0.2) is 0 Å². The molecule has 0 aliphatic carbocycles. The van der Waals surface area contributed by atoms with Crippen molar-refractivity contribution in [3.05, 3.63) is 0 Å². The molecule has 0 radical (unpaired) electrons. The number of hydrogen-bond donors (Lipinski definition) is 1. The molecule has 0 aliphatic heterocycles. The largest absolute Gasteiger partial charge is 1.00 e. The molecule has 0 bridgehead atoms. The van der Waals surface area contributed by atoms with Crippen LogP contribution in [0.25, 0.3) is 0 Å². The van der Waals surface area contributed by atoms with Crippen LogP contribution in [0.3, 0.4) is 0 Å². The van der Waals surface area contributed by atoms with Crippen molar-refractivity contribution < 1.29 is 47.6 Å². The van der Waals surface area contributed by atoms with Crippen molar-refractivity contribution in [3.63, 3.8) is 0 Å². The van der Waals surface area contributed by atoms with E-state index in [9.17, 15) is 18.1 Å². The van der Waals surface area contributed by atoms with Crippen molar-refractivity contribution in [2.24, 2.45) is 0 Å². The summed E-state index contributed by atoms with van der Waals surface area (Å²) in [5, 5.41) is 8.92. The van der Waals surface area contributed by atoms with Crippen LogP contribution >= 0.6 is 0 Å². The maximum atomic E-state index is 11.3. The first-order valence-electron chi connectivity index (χ1n) is 9.04. The van der Waals surface area contributed by atoms with Gasteiger partial charge < -0.3 is 9.66 Å². The second-order valence-electron chi connectivity index (χ2n) is 6.40. The average molecular weight is 359 g/mol. The minimum atomic E-state index is -4.16. The Kier molecular flexibility index (Phi) is 18.5. The Bertz CT molecular complexity index is 347. The van der Waals surface area contributed by atoms with Crippen LogP contribution in [0.5, 0.6) is 0 Å². The Morgan fingerprint density at radius 1 is 0.783 bits per heavy atom. The van der Waals surface area contributed by atoms with Crippen LogP contribution in [0.4, 0.5) is 0 Å². The molecule has 2 atom stereocenters. The van der Waals surface area contributed by atoms with Gasteiger partial charge in [0.2, 0.25) is 0 Å². The summed E-state index contributed by atoms with van der Waals surface area (Å²) in [5.74, 6) is 0. The van der Waals surface area contributed by atoms with Gasteiger partial charge in [0.1, 0.15) is 0 Å². The van der Waals surface area contributed by atoms with Gasteiger partial charge in [-0.2, -0.15) is 0 Å². The molecule has 4 nitrogen and oxygen atoms in total. The van der Waals surface area contributed by atoms with E-state index in [0.29, 0.717) is 12.8 Å². The van der Waals surface area contributed by atoms with Gasteiger partial charge in [0, 0.05) is 5.25 Å². The summed E-state index contributed by atoms with van der Waals surface area (Å²) < 4.78 is 33.9. The third kappa shape index (κ3) is 16.1. The van der Waals surface area contributed by atoms with Crippen LogP contribution in [-0.4, -0.2) is 29.4 Å². The van der Waals surface area contributed by atoms with Gasteiger partial charge in [-0.3, -0.25) is 0 Å². The molecule has 0 saturated carbocycles. The predicted octanol–water partition coefficient (Wildman–Crippen LogP) is 1.38. The van der Waals surface area contributed by atoms with Gasteiger partial charge in [-0.05, 0) is 25.7 Å². The van der Waals surface area contributed by atoms with E-state index in [1.54, 1.807) is 0 Å². The molecule has 0 aromatic rings. The first kappa shape index (κ1) is 26.1. The molecule has 0 saturated heterocycles. The first-order chi connectivity index (χ1) is 10.4. The Hall–Kier alpha value is 0.870. The van der Waals surface area contributed by atoms with Gasteiger partial charge >= 0.3 is 29.6 Å². The number of hydrogen-bond acceptors (Lipinski definition) is 4. The summed E-state index contributed by atoms with van der Waals surface area (Å²) in [4.78, 5) is 0. The molecule has 23 heavy (non-hydrogen) atoms. The second kappa shape index (κ2) is 16.3. The van der Waals surface area contributed by atoms with Gasteiger partial charge in [0.05, 0.1) is 16.2 Å². The van der Waals surface area contributed by atoms with E-state index in [1.807, 2.05) is 0 Å². The zero-order valence-corrected chi connectivity index (χ0v) is 18.2. The maximum Gasteiger partial charge on any atom is 1.00 e. The predicted molar refractivity (Wildman–Crippen MR) is 90.9 cm³/mol. The summed E-state index contributed by atoms with van der Waals surface area (Å²) in [6.45, 7) is 4.17. The minimum Gasteiger partial charge on any atom is -0.748 e. The van der Waals surface area contributed by atoms with Gasteiger partial charge in [-0.15, -0.1) is 0 Å². The van der Waals surface area contributed by atoms with E-state index < -0.39 is 15.4 Å². The summed E-state index contributed by atoms with van der Waals surface area (Å²) in [6.07, 6.45) is 11.3. The summed E-state index contributed by atoms with van der Waals surface area (Å²) >= 11 is 0. The molecule has 134 valence electrons. The number of aliphatic hydroxyl groups excluding tert-OH is 1. The molecule has 1 N–H and O–H groups in total. The molecular formula is C17H35NaO4S. The van der Waals surface area contributed by atoms with E-state index >= 15 is 0 Å². The Morgan fingerprint density at radius 3 is 1.70 bits per heavy atom. The average Bonchev–Trinajstić information content (AvgIpc) is 2.43. The molecule has 0 fully saturated rings. The van der Waals surface area contributed by atoms with Gasteiger partial charge in [0.25, 0.3) is 0 Å². The number of aliphatic hydroxyl groups is 1. The third-order valence-corrected chi connectivity index (χ3v) is 5.51. The molecule has 0 heterocycles. The third-order valence-electron chi connectivity index (χ3n) is 4.22. The molecular weight excluding hydrogens is 323 g/mol. The molecule has 6 heteroatoms. The zero-order valence-electron chi connectivity index (χ0n) is 15.4. The fourth-order valence-electron chi connectivity index (χ4n) is 2.81. The van der Waals surface area contributed by atoms with Crippen LogP contribution in [0.15, 0.2) is 0 Å². The molecule has 0 aromatic heterocycles. The Balaban J connectivity index is 0. The standard InChI is InChI=1S/C17H36O4S.Na/c1-3-5-6-10-14-17(22(19,20)21)15-11-8-7-9-13-16(18)12-4-2;/h16-18H,3-15H2,1-2H3,(H,19,20,21);/q;+1/p-1. The first-order valence-corrected chi connectivity index (χ1v) is 10.5. The Labute approximate surface area is 165 Å². The monoisotopic (exact) mass is 358 g/mol. The normalized spacial score (nSPS) is 14.3. The van der Waals surface area contributed by atoms with Crippen molar-refractivity contribution >= 4 is 10.1 Å². The molecule has 0 rings (SSSR count). The van der Waals surface area contributed by atoms with E-state index in [2.05, 4.69) is 13.8 Å². The van der Waals surface area contributed by atoms with E-state index in [0.717, 1.165) is 70.6 Å². The zero-order chi connectivity index (χ0) is 16.8.